The summed E-state index contributed by atoms with van der Waals surface area (Å²) < 4.78 is 11.6. The van der Waals surface area contributed by atoms with Gasteiger partial charge in [-0.1, -0.05) is 59.4 Å². The van der Waals surface area contributed by atoms with Crippen LogP contribution in [0.5, 0.6) is 0 Å². The van der Waals surface area contributed by atoms with E-state index in [1.807, 2.05) is 47.6 Å². The number of hydrogen-bond donors (Lipinski definition) is 6. The van der Waals surface area contributed by atoms with Gasteiger partial charge in [-0.2, -0.15) is 5.11 Å². The highest BCUT2D eigenvalue weighted by Gasteiger charge is 2.83. The highest BCUT2D eigenvalue weighted by molar-refractivity contribution is 8.68. The molecule has 0 saturated heterocycles. The van der Waals surface area contributed by atoms with Gasteiger partial charge in [-0.05, 0) is 68.2 Å². The molecule has 21 heteroatoms. The summed E-state index contributed by atoms with van der Waals surface area (Å²) in [5.74, 6) is -5.85. The molecule has 3 fully saturated rings. The maximum atomic E-state index is 12.9. The van der Waals surface area contributed by atoms with Gasteiger partial charge in [-0.3, -0.25) is 19.2 Å². The Hall–Kier alpha value is -1.86. The molecule has 14 atom stereocenters. The molecule has 0 aromatic heterocycles. The van der Waals surface area contributed by atoms with Gasteiger partial charge in [0.25, 0.3) is 0 Å². The first-order chi connectivity index (χ1) is 30.1. The Morgan fingerprint density at radius 2 is 1.12 bits per heavy atom. The molecule has 0 aromatic carbocycles. The second-order valence-corrected chi connectivity index (χ2v) is 29.2. The van der Waals surface area contributed by atoms with Crippen molar-refractivity contribution in [2.45, 2.75) is 142 Å². The molecule has 1 aliphatic heterocycles. The van der Waals surface area contributed by atoms with E-state index in [9.17, 15) is 49.8 Å². The summed E-state index contributed by atoms with van der Waals surface area (Å²) in [5.41, 5.74) is -7.67. The molecule has 66 heavy (non-hydrogen) atoms. The third-order valence-corrected chi connectivity index (χ3v) is 24.8. The van der Waals surface area contributed by atoms with Crippen molar-refractivity contribution in [3.05, 3.63) is 46.6 Å². The lowest BCUT2D eigenvalue weighted by atomic mass is 9.52. The normalized spacial score (nSPS) is 42.3. The van der Waals surface area contributed by atoms with Gasteiger partial charge in [0.15, 0.2) is 11.6 Å². The van der Waals surface area contributed by atoms with Gasteiger partial charge in [-0.25, -0.2) is 0 Å². The lowest BCUT2D eigenvalue weighted by molar-refractivity contribution is -0.225. The van der Waals surface area contributed by atoms with Gasteiger partial charge >= 0.3 is 11.9 Å². The summed E-state index contributed by atoms with van der Waals surface area (Å²) in [5, 5.41) is 75.9. The van der Waals surface area contributed by atoms with Crippen molar-refractivity contribution in [3.8, 4) is 0 Å². The van der Waals surface area contributed by atoms with Crippen molar-refractivity contribution >= 4 is 90.3 Å². The van der Waals surface area contributed by atoms with Gasteiger partial charge in [0.05, 0.1) is 35.9 Å². The fraction of sp³-hybridized carbons (Fsp3) is 0.733. The molecule has 0 radical (unpaired) electrons. The number of hydrogen-bond acceptors (Lipinski definition) is 16. The largest absolute Gasteiger partial charge is 0.458 e. The lowest BCUT2D eigenvalue weighted by Crippen LogP contribution is -2.67. The Labute approximate surface area is 411 Å². The molecule has 6 N–H and O–H groups in total. The SMILES string of the molecule is C.CC(=O)O[C@@]12C[C@@H](C)[C@@]3(O)[C@@H](C=C(CO)C[C@]4(O)C(=O)C(C)=C[C@@H]34)[C@@H]1C(C)(C)N=N2.CC(=O)O[C@@]12C[C@@H](C)[C@@]3(O)[C@@H](C=C(CO)C[C@]4(O)C(=O)C(C)=C[C@@H]34)[C@@H]1C2(C)C.S=S=S=S=S=S=S. The predicted octanol–water partition coefficient (Wildman–Crippen LogP) is 3.84. The number of Topliss-reactive ketones (excluding diaryl/α,β-unsaturated/α-hetero) is 2. The Balaban J connectivity index is 0.000000214. The zero-order valence-corrected chi connectivity index (χ0v) is 43.8. The molecule has 8 rings (SSSR count). The molecule has 3 saturated carbocycles. The second kappa shape index (κ2) is 19.0. The van der Waals surface area contributed by atoms with Crippen LogP contribution in [0.1, 0.15) is 102 Å². The molecule has 0 amide bonds. The van der Waals surface area contributed by atoms with E-state index < -0.39 is 86.5 Å². The number of carbonyl (C=O) groups excluding carboxylic acids is 4. The van der Waals surface area contributed by atoms with Crippen LogP contribution in [0.3, 0.4) is 0 Å². The summed E-state index contributed by atoms with van der Waals surface area (Å²) in [6.45, 7) is 16.9. The average Bonchev–Trinajstić information content (AvgIpc) is 3.33. The van der Waals surface area contributed by atoms with Gasteiger partial charge in [0.2, 0.25) is 5.72 Å². The first kappa shape index (κ1) is 55.1. The van der Waals surface area contributed by atoms with Crippen molar-refractivity contribution in [1.82, 2.24) is 0 Å². The van der Waals surface area contributed by atoms with E-state index in [0.29, 0.717) is 28.7 Å². The van der Waals surface area contributed by atoms with E-state index in [-0.39, 0.29) is 68.9 Å². The quantitative estimate of drug-likeness (QED) is 0.174. The summed E-state index contributed by atoms with van der Waals surface area (Å²) in [6, 6.07) is 0. The number of rotatable bonds is 4. The third-order valence-electron chi connectivity index (χ3n) is 15.9. The van der Waals surface area contributed by atoms with Crippen LogP contribution in [0.25, 0.3) is 0 Å². The van der Waals surface area contributed by atoms with Gasteiger partial charge < -0.3 is 40.1 Å². The van der Waals surface area contributed by atoms with Crippen LogP contribution < -0.4 is 0 Å². The Bertz CT molecular complexity index is 2440. The average molecular weight is 1050 g/mol. The van der Waals surface area contributed by atoms with Crippen LogP contribution in [0.2, 0.25) is 0 Å². The lowest BCUT2D eigenvalue weighted by Gasteiger charge is -2.56. The predicted molar refractivity (Wildman–Crippen MR) is 265 cm³/mol. The maximum Gasteiger partial charge on any atom is 0.304 e. The minimum Gasteiger partial charge on any atom is -0.458 e. The topological polar surface area (TPSA) is 233 Å². The second-order valence-electron chi connectivity index (χ2n) is 20.3. The zero-order chi connectivity index (χ0) is 48.7. The molecule has 368 valence electrons. The molecule has 8 aliphatic rings. The fourth-order valence-corrected chi connectivity index (χ4v) is 21.6. The van der Waals surface area contributed by atoms with Gasteiger partial charge in [0, 0.05) is 135 Å². The Kier molecular flexibility index (Phi) is 15.9. The van der Waals surface area contributed by atoms with Crippen molar-refractivity contribution < 1.29 is 59.3 Å². The monoisotopic (exact) mass is 1050 g/mol. The van der Waals surface area contributed by atoms with Gasteiger partial charge in [0.1, 0.15) is 16.8 Å². The smallest absolute Gasteiger partial charge is 0.304 e. The third kappa shape index (κ3) is 8.42. The van der Waals surface area contributed by atoms with Gasteiger partial charge in [-0.15, -0.1) is 5.11 Å². The van der Waals surface area contributed by atoms with Crippen LogP contribution >= 0.6 is 0 Å². The maximum absolute atomic E-state index is 12.9. The number of ketones is 2. The van der Waals surface area contributed by atoms with Crippen molar-refractivity contribution in [2.75, 3.05) is 13.2 Å². The number of fused-ring (bicyclic) bond motifs is 10. The highest BCUT2D eigenvalue weighted by atomic mass is 33.4. The highest BCUT2D eigenvalue weighted by Crippen LogP contribution is 2.76. The van der Waals surface area contributed by atoms with Crippen molar-refractivity contribution in [3.63, 3.8) is 0 Å². The summed E-state index contributed by atoms with van der Waals surface area (Å²) in [7, 11) is 7.36. The van der Waals surface area contributed by atoms with E-state index in [1.165, 1.54) is 31.6 Å². The standard InChI is InChI=1S/C22H30N2O6.C22H30O6.CH4.S7/c1-11-6-16-20(28,18(11)27)9-14(10-25)7-15-17-19(4,5)23-24-21(17,30-13(3)26)8-12(2)22(15,16)29;1-11-6-16-20(26,18(11)25)9-14(10-23)7-15-17-19(4,5)21(17,28-13(3)24)8-12(2)22(15,16)27;;1-3-5-7-6-4-2/h6-7,12,15-17,25,28-29H,8-10H2,1-5H3;6-7,12,15-17,23,26-27H,8-10H2,1-5H3;1H4;/t2*12-,15+,16-,17-,20-,21+,22-;;/m11../s1. The Morgan fingerprint density at radius 1 is 0.697 bits per heavy atom. The molecule has 0 bridgehead atoms. The van der Waals surface area contributed by atoms with E-state index in [2.05, 4.69) is 32.6 Å². The van der Waals surface area contributed by atoms with E-state index in [0.717, 1.165) is 0 Å². The van der Waals surface area contributed by atoms with Crippen molar-refractivity contribution in [1.29, 1.82) is 0 Å². The fourth-order valence-electron chi connectivity index (χ4n) is 13.4. The number of nitrogens with zero attached hydrogens (tertiary/aromatic N) is 2. The summed E-state index contributed by atoms with van der Waals surface area (Å²) >= 11 is 9.14. The number of carbonyl (C=O) groups is 4. The van der Waals surface area contributed by atoms with Crippen LogP contribution in [0.15, 0.2) is 56.8 Å². The summed E-state index contributed by atoms with van der Waals surface area (Å²) in [6.07, 6.45) is 7.57. The number of esters is 2. The molecule has 14 nitrogen and oxygen atoms in total. The Morgan fingerprint density at radius 3 is 1.53 bits per heavy atom. The minimum absolute atomic E-state index is 0. The van der Waals surface area contributed by atoms with E-state index in [4.69, 9.17) is 9.47 Å². The first-order valence-electron chi connectivity index (χ1n) is 21.5. The van der Waals surface area contributed by atoms with Crippen LogP contribution in [0, 0.1) is 52.8 Å². The molecular formula is C45H64N2O12S7. The number of aliphatic hydroxyl groups is 6. The zero-order valence-electron chi connectivity index (χ0n) is 38.1. The van der Waals surface area contributed by atoms with Crippen LogP contribution in [-0.4, -0.2) is 107 Å². The molecule has 0 aromatic rings. The molecular weight excluding hydrogens is 985 g/mol. The van der Waals surface area contributed by atoms with Crippen LogP contribution in [-0.2, 0) is 95.4 Å². The first-order valence-corrected chi connectivity index (χ1v) is 29.5. The minimum atomic E-state index is -1.82. The van der Waals surface area contributed by atoms with Crippen LogP contribution in [0.4, 0.5) is 0 Å². The molecule has 1 heterocycles. The number of azo groups is 1. The number of aliphatic hydroxyl groups excluding tert-OH is 2. The molecule has 0 unspecified atom stereocenters. The van der Waals surface area contributed by atoms with E-state index in [1.54, 1.807) is 58.7 Å². The molecule has 7 aliphatic carbocycles. The van der Waals surface area contributed by atoms with E-state index >= 15 is 0 Å². The van der Waals surface area contributed by atoms with Crippen molar-refractivity contribution in [2.24, 2.45) is 63.0 Å². The summed E-state index contributed by atoms with van der Waals surface area (Å²) in [4.78, 5) is 49.6. The molecule has 0 spiro atoms. The number of ether oxygens (including phenoxy) is 2.